The molecule has 0 aromatic carbocycles. The molecule has 15 heavy (non-hydrogen) atoms. The molecule has 1 nitrogen and oxygen atoms in total. The van der Waals surface area contributed by atoms with Crippen molar-refractivity contribution in [2.24, 2.45) is 11.8 Å². The lowest BCUT2D eigenvalue weighted by molar-refractivity contribution is -0.169. The zero-order valence-corrected chi connectivity index (χ0v) is 9.40. The summed E-state index contributed by atoms with van der Waals surface area (Å²) in [6.45, 7) is 2.12. The van der Waals surface area contributed by atoms with E-state index < -0.39 is 12.2 Å². The average Bonchev–Trinajstić information content (AvgIpc) is 2.18. The van der Waals surface area contributed by atoms with Gasteiger partial charge in [0.05, 0.1) is 0 Å². The quantitative estimate of drug-likeness (QED) is 0.773. The van der Waals surface area contributed by atoms with Crippen molar-refractivity contribution in [2.45, 2.75) is 51.2 Å². The number of halogens is 3. The van der Waals surface area contributed by atoms with Crippen LogP contribution in [0.25, 0.3) is 0 Å². The van der Waals surface area contributed by atoms with Gasteiger partial charge in [-0.3, -0.25) is 0 Å². The Labute approximate surface area is 89.4 Å². The lowest BCUT2D eigenvalue weighted by Crippen LogP contribution is -2.47. The minimum Gasteiger partial charge on any atom is -0.309 e. The first-order valence-electron chi connectivity index (χ1n) is 5.73. The van der Waals surface area contributed by atoms with Gasteiger partial charge >= 0.3 is 6.18 Å². The van der Waals surface area contributed by atoms with Gasteiger partial charge in [0.25, 0.3) is 0 Å². The van der Waals surface area contributed by atoms with E-state index in [-0.39, 0.29) is 5.92 Å². The molecule has 1 atom stereocenters. The minimum atomic E-state index is -4.10. The summed E-state index contributed by atoms with van der Waals surface area (Å²) < 4.78 is 37.9. The summed E-state index contributed by atoms with van der Waals surface area (Å²) in [6.07, 6.45) is 0.333. The standard InChI is InChI=1S/C11H20F3N/c1-3-8-4-6-9(7-5-8)10(15-2)11(12,13)14/h8-10,15H,3-7H2,1-2H3. The SMILES string of the molecule is CCC1CCC(C(NC)C(F)(F)F)CC1. The summed E-state index contributed by atoms with van der Waals surface area (Å²) in [6, 6.07) is -1.31. The molecule has 0 saturated heterocycles. The van der Waals surface area contributed by atoms with Gasteiger partial charge in [-0.15, -0.1) is 0 Å². The zero-order valence-electron chi connectivity index (χ0n) is 9.40. The molecule has 0 aromatic rings. The van der Waals surface area contributed by atoms with E-state index in [0.717, 1.165) is 19.3 Å². The van der Waals surface area contributed by atoms with Crippen molar-refractivity contribution in [3.8, 4) is 0 Å². The van der Waals surface area contributed by atoms with Crippen LogP contribution in [0.15, 0.2) is 0 Å². The maximum Gasteiger partial charge on any atom is 0.404 e. The van der Waals surface area contributed by atoms with Gasteiger partial charge in [-0.25, -0.2) is 0 Å². The Hall–Kier alpha value is -0.250. The summed E-state index contributed by atoms with van der Waals surface area (Å²) in [5.41, 5.74) is 0. The highest BCUT2D eigenvalue weighted by molar-refractivity contribution is 4.85. The fourth-order valence-electron chi connectivity index (χ4n) is 2.60. The molecule has 1 saturated carbocycles. The summed E-state index contributed by atoms with van der Waals surface area (Å²) >= 11 is 0. The van der Waals surface area contributed by atoms with E-state index >= 15 is 0 Å². The van der Waals surface area contributed by atoms with E-state index in [1.54, 1.807) is 0 Å². The molecule has 1 unspecified atom stereocenters. The molecule has 0 spiro atoms. The fourth-order valence-corrected chi connectivity index (χ4v) is 2.60. The maximum absolute atomic E-state index is 12.6. The van der Waals surface area contributed by atoms with Crippen molar-refractivity contribution < 1.29 is 13.2 Å². The number of hydrogen-bond acceptors (Lipinski definition) is 1. The Morgan fingerprint density at radius 2 is 1.73 bits per heavy atom. The van der Waals surface area contributed by atoms with Gasteiger partial charge in [0, 0.05) is 0 Å². The predicted octanol–water partition coefficient (Wildman–Crippen LogP) is 3.35. The van der Waals surface area contributed by atoms with Gasteiger partial charge in [-0.1, -0.05) is 26.2 Å². The van der Waals surface area contributed by atoms with Crippen LogP contribution in [-0.2, 0) is 0 Å². The number of hydrogen-bond donors (Lipinski definition) is 1. The van der Waals surface area contributed by atoms with E-state index in [9.17, 15) is 13.2 Å². The van der Waals surface area contributed by atoms with Crippen LogP contribution in [0.1, 0.15) is 39.0 Å². The van der Waals surface area contributed by atoms with E-state index in [4.69, 9.17) is 0 Å². The molecule has 4 heteroatoms. The molecule has 90 valence electrons. The summed E-state index contributed by atoms with van der Waals surface area (Å²) in [5.74, 6) is 0.421. The third-order valence-corrected chi connectivity index (χ3v) is 3.60. The summed E-state index contributed by atoms with van der Waals surface area (Å²) in [5, 5.41) is 2.42. The monoisotopic (exact) mass is 223 g/mol. The van der Waals surface area contributed by atoms with E-state index in [1.165, 1.54) is 7.05 Å². The minimum absolute atomic E-state index is 0.224. The Bertz CT molecular complexity index is 183. The van der Waals surface area contributed by atoms with E-state index in [2.05, 4.69) is 12.2 Å². The average molecular weight is 223 g/mol. The van der Waals surface area contributed by atoms with Crippen molar-refractivity contribution in [1.82, 2.24) is 5.32 Å². The molecule has 0 bridgehead atoms. The van der Waals surface area contributed by atoms with Crippen molar-refractivity contribution in [2.75, 3.05) is 7.05 Å². The normalized spacial score (nSPS) is 30.2. The lowest BCUT2D eigenvalue weighted by atomic mass is 9.77. The molecule has 1 rings (SSSR count). The summed E-state index contributed by atoms with van der Waals surface area (Å²) in [4.78, 5) is 0. The number of alkyl halides is 3. The topological polar surface area (TPSA) is 12.0 Å². The third kappa shape index (κ3) is 3.37. The van der Waals surface area contributed by atoms with Crippen LogP contribution in [0.2, 0.25) is 0 Å². The smallest absolute Gasteiger partial charge is 0.309 e. The first kappa shape index (κ1) is 12.8. The fraction of sp³-hybridized carbons (Fsp3) is 1.00. The molecule has 0 aromatic heterocycles. The van der Waals surface area contributed by atoms with Crippen LogP contribution < -0.4 is 5.32 Å². The highest BCUT2D eigenvalue weighted by Gasteiger charge is 2.44. The first-order valence-corrected chi connectivity index (χ1v) is 5.73. The van der Waals surface area contributed by atoms with Crippen molar-refractivity contribution in [1.29, 1.82) is 0 Å². The highest BCUT2D eigenvalue weighted by atomic mass is 19.4. The van der Waals surface area contributed by atoms with Crippen LogP contribution in [0, 0.1) is 11.8 Å². The van der Waals surface area contributed by atoms with Gasteiger partial charge in [0.1, 0.15) is 6.04 Å². The van der Waals surface area contributed by atoms with Crippen molar-refractivity contribution >= 4 is 0 Å². The van der Waals surface area contributed by atoms with Gasteiger partial charge in [-0.05, 0) is 31.7 Å². The molecule has 0 aliphatic heterocycles. The molecule has 1 N–H and O–H groups in total. The van der Waals surface area contributed by atoms with Crippen LogP contribution in [-0.4, -0.2) is 19.3 Å². The molecule has 0 heterocycles. The summed E-state index contributed by atoms with van der Waals surface area (Å²) in [7, 11) is 1.41. The van der Waals surface area contributed by atoms with E-state index in [1.807, 2.05) is 0 Å². The van der Waals surface area contributed by atoms with Crippen molar-refractivity contribution in [3.05, 3.63) is 0 Å². The number of nitrogens with one attached hydrogen (secondary N) is 1. The molecule has 1 aliphatic rings. The first-order chi connectivity index (χ1) is 6.99. The third-order valence-electron chi connectivity index (χ3n) is 3.60. The van der Waals surface area contributed by atoms with Crippen LogP contribution in [0.3, 0.4) is 0 Å². The maximum atomic E-state index is 12.6. The Morgan fingerprint density at radius 1 is 1.20 bits per heavy atom. The second-order valence-corrected chi connectivity index (χ2v) is 4.50. The predicted molar refractivity (Wildman–Crippen MR) is 54.6 cm³/mol. The Balaban J connectivity index is 2.50. The van der Waals surface area contributed by atoms with Crippen molar-refractivity contribution in [3.63, 3.8) is 0 Å². The van der Waals surface area contributed by atoms with E-state index in [0.29, 0.717) is 18.8 Å². The lowest BCUT2D eigenvalue weighted by Gasteiger charge is -2.34. The number of rotatable bonds is 3. The zero-order chi connectivity index (χ0) is 11.5. The molecule has 1 aliphatic carbocycles. The van der Waals surface area contributed by atoms with Gasteiger partial charge in [0.2, 0.25) is 0 Å². The molecule has 0 amide bonds. The Kier molecular flexibility index (Phi) is 4.44. The highest BCUT2D eigenvalue weighted by Crippen LogP contribution is 2.37. The van der Waals surface area contributed by atoms with Crippen LogP contribution in [0.4, 0.5) is 13.2 Å². The molecule has 1 fully saturated rings. The second-order valence-electron chi connectivity index (χ2n) is 4.50. The largest absolute Gasteiger partial charge is 0.404 e. The van der Waals surface area contributed by atoms with Crippen LogP contribution >= 0.6 is 0 Å². The molecule has 0 radical (unpaired) electrons. The van der Waals surface area contributed by atoms with Gasteiger partial charge in [-0.2, -0.15) is 13.2 Å². The molecular weight excluding hydrogens is 203 g/mol. The van der Waals surface area contributed by atoms with Gasteiger partial charge in [0.15, 0.2) is 0 Å². The van der Waals surface area contributed by atoms with Gasteiger partial charge < -0.3 is 5.32 Å². The Morgan fingerprint density at radius 3 is 2.07 bits per heavy atom. The molecular formula is C11H20F3N. The second kappa shape index (κ2) is 5.19. The van der Waals surface area contributed by atoms with Crippen LogP contribution in [0.5, 0.6) is 0 Å².